The van der Waals surface area contributed by atoms with Crippen LogP contribution >= 0.6 is 15.9 Å². The number of hydrogen-bond donors (Lipinski definition) is 1. The monoisotopic (exact) mass is 323 g/mol. The number of nitrogens with zero attached hydrogens (tertiary/aromatic N) is 2. The van der Waals surface area contributed by atoms with E-state index < -0.39 is 0 Å². The van der Waals surface area contributed by atoms with Gasteiger partial charge in [0.2, 0.25) is 0 Å². The Morgan fingerprint density at radius 2 is 2.26 bits per heavy atom. The van der Waals surface area contributed by atoms with Gasteiger partial charge >= 0.3 is 0 Å². The predicted octanol–water partition coefficient (Wildman–Crippen LogP) is 2.82. The zero-order valence-corrected chi connectivity index (χ0v) is 12.7. The number of rotatable bonds is 5. The van der Waals surface area contributed by atoms with E-state index >= 15 is 0 Å². The molecule has 2 rings (SSSR count). The zero-order valence-electron chi connectivity index (χ0n) is 11.1. The summed E-state index contributed by atoms with van der Waals surface area (Å²) in [6.07, 6.45) is 5.73. The third-order valence-electron chi connectivity index (χ3n) is 3.11. The smallest absolute Gasteiger partial charge is 0.133 e. The van der Waals surface area contributed by atoms with Gasteiger partial charge in [0.15, 0.2) is 0 Å². The van der Waals surface area contributed by atoms with Crippen molar-refractivity contribution in [2.75, 3.05) is 7.11 Å². The van der Waals surface area contributed by atoms with Gasteiger partial charge < -0.3 is 10.5 Å². The molecule has 0 radical (unpaired) electrons. The number of aromatic nitrogens is 2. The molecule has 0 amide bonds. The van der Waals surface area contributed by atoms with Crippen LogP contribution in [0.1, 0.15) is 23.6 Å². The molecule has 1 aromatic carbocycles. The van der Waals surface area contributed by atoms with Gasteiger partial charge in [-0.15, -0.1) is 0 Å². The maximum atomic E-state index is 6.22. The molecule has 1 unspecified atom stereocenters. The highest BCUT2D eigenvalue weighted by Gasteiger charge is 2.09. The predicted molar refractivity (Wildman–Crippen MR) is 79.2 cm³/mol. The van der Waals surface area contributed by atoms with Gasteiger partial charge in [0.1, 0.15) is 5.75 Å². The quantitative estimate of drug-likeness (QED) is 0.920. The fraction of sp³-hybridized carbons (Fsp3) is 0.357. The van der Waals surface area contributed by atoms with Crippen LogP contribution in [0.15, 0.2) is 35.1 Å². The summed E-state index contributed by atoms with van der Waals surface area (Å²) in [5.74, 6) is 0.822. The van der Waals surface area contributed by atoms with E-state index in [0.29, 0.717) is 0 Å². The summed E-state index contributed by atoms with van der Waals surface area (Å²) in [5.41, 5.74) is 8.54. The molecule has 2 aromatic rings. The van der Waals surface area contributed by atoms with Crippen LogP contribution < -0.4 is 10.5 Å². The van der Waals surface area contributed by atoms with Crippen molar-refractivity contribution in [1.29, 1.82) is 0 Å². The molecule has 1 aromatic heterocycles. The number of halogens is 1. The van der Waals surface area contributed by atoms with E-state index in [1.807, 2.05) is 42.3 Å². The molecule has 0 saturated heterocycles. The Bertz CT molecular complexity index is 553. The first-order valence-corrected chi connectivity index (χ1v) is 6.96. The van der Waals surface area contributed by atoms with Crippen molar-refractivity contribution in [2.24, 2.45) is 12.8 Å². The van der Waals surface area contributed by atoms with Crippen molar-refractivity contribution in [3.05, 3.63) is 46.2 Å². The summed E-state index contributed by atoms with van der Waals surface area (Å²) in [6.45, 7) is 0. The lowest BCUT2D eigenvalue weighted by Gasteiger charge is -2.13. The van der Waals surface area contributed by atoms with Gasteiger partial charge in [-0.05, 0) is 52.0 Å². The lowest BCUT2D eigenvalue weighted by atomic mass is 10.0. The van der Waals surface area contributed by atoms with E-state index in [4.69, 9.17) is 10.5 Å². The lowest BCUT2D eigenvalue weighted by Crippen LogP contribution is -2.11. The van der Waals surface area contributed by atoms with E-state index in [0.717, 1.165) is 28.6 Å². The first-order valence-electron chi connectivity index (χ1n) is 6.16. The topological polar surface area (TPSA) is 53.1 Å². The van der Waals surface area contributed by atoms with Crippen LogP contribution in [0.5, 0.6) is 5.75 Å². The second-order valence-electron chi connectivity index (χ2n) is 4.56. The van der Waals surface area contributed by atoms with E-state index in [1.54, 1.807) is 7.11 Å². The largest absolute Gasteiger partial charge is 0.496 e. The number of nitrogens with two attached hydrogens (primary N) is 1. The van der Waals surface area contributed by atoms with Gasteiger partial charge in [0.25, 0.3) is 0 Å². The molecule has 0 aliphatic carbocycles. The van der Waals surface area contributed by atoms with Crippen molar-refractivity contribution < 1.29 is 4.74 Å². The Morgan fingerprint density at radius 3 is 2.84 bits per heavy atom. The molecule has 4 nitrogen and oxygen atoms in total. The zero-order chi connectivity index (χ0) is 13.8. The summed E-state index contributed by atoms with van der Waals surface area (Å²) in [5, 5.41) is 4.16. The lowest BCUT2D eigenvalue weighted by molar-refractivity contribution is 0.412. The maximum absolute atomic E-state index is 6.22. The highest BCUT2D eigenvalue weighted by molar-refractivity contribution is 9.10. The van der Waals surface area contributed by atoms with Crippen molar-refractivity contribution in [2.45, 2.75) is 18.9 Å². The van der Waals surface area contributed by atoms with Crippen molar-refractivity contribution in [3.8, 4) is 5.75 Å². The highest BCUT2D eigenvalue weighted by Crippen LogP contribution is 2.28. The Labute approximate surface area is 121 Å². The summed E-state index contributed by atoms with van der Waals surface area (Å²) in [4.78, 5) is 0. The summed E-state index contributed by atoms with van der Waals surface area (Å²) >= 11 is 3.48. The fourth-order valence-corrected chi connectivity index (χ4v) is 2.56. The molecule has 2 N–H and O–H groups in total. The Balaban J connectivity index is 1.99. The molecule has 0 spiro atoms. The van der Waals surface area contributed by atoms with Gasteiger partial charge in [0.05, 0.1) is 17.8 Å². The van der Waals surface area contributed by atoms with Gasteiger partial charge in [-0.1, -0.05) is 6.07 Å². The molecule has 5 heteroatoms. The molecule has 1 heterocycles. The second kappa shape index (κ2) is 6.21. The average Bonchev–Trinajstić information content (AvgIpc) is 2.81. The third-order valence-corrected chi connectivity index (χ3v) is 3.73. The molecular formula is C14H18BrN3O. The van der Waals surface area contributed by atoms with Crippen LogP contribution in [0.4, 0.5) is 0 Å². The minimum Gasteiger partial charge on any atom is -0.496 e. The van der Waals surface area contributed by atoms with E-state index in [2.05, 4.69) is 21.0 Å². The molecule has 19 heavy (non-hydrogen) atoms. The average molecular weight is 324 g/mol. The third kappa shape index (κ3) is 3.58. The van der Waals surface area contributed by atoms with Crippen molar-refractivity contribution in [1.82, 2.24) is 9.78 Å². The van der Waals surface area contributed by atoms with Gasteiger partial charge in [-0.25, -0.2) is 0 Å². The van der Waals surface area contributed by atoms with Crippen LogP contribution in [0.25, 0.3) is 0 Å². The SMILES string of the molecule is COc1ccc(C(N)CCc2cnn(C)c2)cc1Br. The molecule has 0 saturated carbocycles. The van der Waals surface area contributed by atoms with Gasteiger partial charge in [-0.2, -0.15) is 5.10 Å². The molecule has 102 valence electrons. The minimum absolute atomic E-state index is 0.0161. The van der Waals surface area contributed by atoms with E-state index in [1.165, 1.54) is 5.56 Å². The number of benzene rings is 1. The molecular weight excluding hydrogens is 306 g/mol. The van der Waals surface area contributed by atoms with Crippen LogP contribution in [0.2, 0.25) is 0 Å². The van der Waals surface area contributed by atoms with E-state index in [-0.39, 0.29) is 6.04 Å². The van der Waals surface area contributed by atoms with E-state index in [9.17, 15) is 0 Å². The second-order valence-corrected chi connectivity index (χ2v) is 5.42. The summed E-state index contributed by atoms with van der Waals surface area (Å²) in [6, 6.07) is 5.98. The standard InChI is InChI=1S/C14H18BrN3O/c1-18-9-10(8-17-18)3-5-13(16)11-4-6-14(19-2)12(15)7-11/h4,6-9,13H,3,5,16H2,1-2H3. The highest BCUT2D eigenvalue weighted by atomic mass is 79.9. The first kappa shape index (κ1) is 14.1. The number of hydrogen-bond acceptors (Lipinski definition) is 3. The maximum Gasteiger partial charge on any atom is 0.133 e. The molecule has 1 atom stereocenters. The van der Waals surface area contributed by atoms with Crippen LogP contribution in [0.3, 0.4) is 0 Å². The number of ether oxygens (including phenoxy) is 1. The normalized spacial score (nSPS) is 12.4. The van der Waals surface area contributed by atoms with Crippen LogP contribution in [-0.2, 0) is 13.5 Å². The van der Waals surface area contributed by atoms with Gasteiger partial charge in [0, 0.05) is 19.3 Å². The molecule has 0 aliphatic heterocycles. The molecule has 0 aliphatic rings. The Hall–Kier alpha value is -1.33. The minimum atomic E-state index is 0.0161. The summed E-state index contributed by atoms with van der Waals surface area (Å²) in [7, 11) is 3.58. The van der Waals surface area contributed by atoms with Gasteiger partial charge in [-0.3, -0.25) is 4.68 Å². The fourth-order valence-electron chi connectivity index (χ4n) is 2.00. The van der Waals surface area contributed by atoms with Crippen molar-refractivity contribution >= 4 is 15.9 Å². The van der Waals surface area contributed by atoms with Crippen LogP contribution in [0, 0.1) is 0 Å². The molecule has 0 fully saturated rings. The van der Waals surface area contributed by atoms with Crippen LogP contribution in [-0.4, -0.2) is 16.9 Å². The summed E-state index contributed by atoms with van der Waals surface area (Å²) < 4.78 is 7.96. The Kier molecular flexibility index (Phi) is 4.61. The number of aryl methyl sites for hydroxylation is 2. The molecule has 0 bridgehead atoms. The Morgan fingerprint density at radius 1 is 1.47 bits per heavy atom. The number of methoxy groups -OCH3 is 1. The van der Waals surface area contributed by atoms with Crippen molar-refractivity contribution in [3.63, 3.8) is 0 Å². The first-order chi connectivity index (χ1) is 9.10.